The standard InChI is InChI=1S/C14H16N4O3/c1-18-7-6-11(13(18)19)15-14-16-12(17-21-14)9-4-3-5-10(8-9)20-2/h3-5,8,11H,6-7H2,1-2H3,(H,15,16,17)/t11-/m0/s1. The molecule has 1 amide bonds. The van der Waals surface area contributed by atoms with Crippen LogP contribution in [0.15, 0.2) is 28.8 Å². The highest BCUT2D eigenvalue weighted by Crippen LogP contribution is 2.23. The van der Waals surface area contributed by atoms with Crippen molar-refractivity contribution in [3.63, 3.8) is 0 Å². The predicted octanol–water partition coefficient (Wildman–Crippen LogP) is 1.39. The van der Waals surface area contributed by atoms with Crippen molar-refractivity contribution in [3.05, 3.63) is 24.3 Å². The number of carbonyl (C=O) groups is 1. The molecule has 0 aliphatic carbocycles. The average Bonchev–Trinajstić information content (AvgIpc) is 3.10. The van der Waals surface area contributed by atoms with E-state index in [0.717, 1.165) is 24.3 Å². The topological polar surface area (TPSA) is 80.5 Å². The van der Waals surface area contributed by atoms with E-state index in [1.54, 1.807) is 19.1 Å². The number of nitrogens with zero attached hydrogens (tertiary/aromatic N) is 3. The van der Waals surface area contributed by atoms with E-state index >= 15 is 0 Å². The lowest BCUT2D eigenvalue weighted by molar-refractivity contribution is -0.127. The van der Waals surface area contributed by atoms with Crippen molar-refractivity contribution in [3.8, 4) is 17.1 Å². The van der Waals surface area contributed by atoms with Crippen molar-refractivity contribution >= 4 is 11.9 Å². The molecule has 1 saturated heterocycles. The molecule has 3 rings (SSSR count). The third-order valence-electron chi connectivity index (χ3n) is 3.48. The molecular weight excluding hydrogens is 272 g/mol. The molecule has 1 N–H and O–H groups in total. The van der Waals surface area contributed by atoms with Crippen LogP contribution in [0.3, 0.4) is 0 Å². The maximum absolute atomic E-state index is 11.8. The van der Waals surface area contributed by atoms with Gasteiger partial charge < -0.3 is 19.5 Å². The molecule has 110 valence electrons. The van der Waals surface area contributed by atoms with Gasteiger partial charge in [0, 0.05) is 19.2 Å². The van der Waals surface area contributed by atoms with Crippen LogP contribution in [0.25, 0.3) is 11.4 Å². The van der Waals surface area contributed by atoms with E-state index in [9.17, 15) is 4.79 Å². The third-order valence-corrected chi connectivity index (χ3v) is 3.48. The molecule has 1 fully saturated rings. The number of nitrogens with one attached hydrogen (secondary N) is 1. The summed E-state index contributed by atoms with van der Waals surface area (Å²) in [5, 5.41) is 6.90. The number of ether oxygens (including phenoxy) is 1. The van der Waals surface area contributed by atoms with Crippen LogP contribution < -0.4 is 10.1 Å². The summed E-state index contributed by atoms with van der Waals surface area (Å²) in [6.07, 6.45) is 0.728. The zero-order chi connectivity index (χ0) is 14.8. The van der Waals surface area contributed by atoms with E-state index in [2.05, 4.69) is 15.5 Å². The van der Waals surface area contributed by atoms with Gasteiger partial charge in [-0.1, -0.05) is 17.3 Å². The van der Waals surface area contributed by atoms with Crippen LogP contribution >= 0.6 is 0 Å². The molecule has 2 aromatic rings. The smallest absolute Gasteiger partial charge is 0.322 e. The highest BCUT2D eigenvalue weighted by Gasteiger charge is 2.30. The minimum absolute atomic E-state index is 0.0381. The van der Waals surface area contributed by atoms with E-state index in [-0.39, 0.29) is 18.0 Å². The number of methoxy groups -OCH3 is 1. The molecule has 1 aromatic carbocycles. The molecule has 0 bridgehead atoms. The summed E-state index contributed by atoms with van der Waals surface area (Å²) in [7, 11) is 3.38. The molecule has 1 aliphatic heterocycles. The molecule has 0 unspecified atom stereocenters. The fraction of sp³-hybridized carbons (Fsp3) is 0.357. The molecule has 1 aliphatic rings. The Bertz CT molecular complexity index is 655. The van der Waals surface area contributed by atoms with E-state index in [0.29, 0.717) is 5.82 Å². The maximum Gasteiger partial charge on any atom is 0.322 e. The Balaban J connectivity index is 1.75. The van der Waals surface area contributed by atoms with Crippen LogP contribution in [0, 0.1) is 0 Å². The zero-order valence-electron chi connectivity index (χ0n) is 11.9. The summed E-state index contributed by atoms with van der Waals surface area (Å²) in [6, 6.07) is 7.34. The second kappa shape index (κ2) is 5.43. The molecular formula is C14H16N4O3. The number of likely N-dealkylation sites (N-methyl/N-ethyl adjacent to an activating group) is 1. The van der Waals surface area contributed by atoms with Gasteiger partial charge >= 0.3 is 6.01 Å². The SMILES string of the molecule is COc1cccc(-c2noc(N[C@H]3CCN(C)C3=O)n2)c1. The number of rotatable bonds is 4. The quantitative estimate of drug-likeness (QED) is 0.915. The number of amides is 1. The number of hydrogen-bond donors (Lipinski definition) is 1. The van der Waals surface area contributed by atoms with Crippen molar-refractivity contribution in [2.45, 2.75) is 12.5 Å². The Morgan fingerprint density at radius 2 is 2.33 bits per heavy atom. The van der Waals surface area contributed by atoms with Gasteiger partial charge in [-0.05, 0) is 18.6 Å². The first-order valence-corrected chi connectivity index (χ1v) is 6.67. The summed E-state index contributed by atoms with van der Waals surface area (Å²) >= 11 is 0. The van der Waals surface area contributed by atoms with Crippen LogP contribution in [0.1, 0.15) is 6.42 Å². The zero-order valence-corrected chi connectivity index (χ0v) is 11.9. The highest BCUT2D eigenvalue weighted by molar-refractivity contribution is 5.85. The summed E-state index contributed by atoms with van der Waals surface area (Å²) < 4.78 is 10.3. The average molecular weight is 288 g/mol. The molecule has 1 atom stereocenters. The molecule has 0 saturated carbocycles. The molecule has 0 spiro atoms. The van der Waals surface area contributed by atoms with Crippen LogP contribution in [-0.4, -0.2) is 47.7 Å². The Labute approximate surface area is 121 Å². The summed E-state index contributed by atoms with van der Waals surface area (Å²) in [5.74, 6) is 1.21. The lowest BCUT2D eigenvalue weighted by atomic mass is 10.2. The Kier molecular flexibility index (Phi) is 3.47. The molecule has 0 radical (unpaired) electrons. The molecule has 1 aromatic heterocycles. The third kappa shape index (κ3) is 2.67. The molecule has 21 heavy (non-hydrogen) atoms. The molecule has 2 heterocycles. The Morgan fingerprint density at radius 3 is 3.05 bits per heavy atom. The minimum Gasteiger partial charge on any atom is -0.497 e. The predicted molar refractivity (Wildman–Crippen MR) is 76.0 cm³/mol. The Hall–Kier alpha value is -2.57. The van der Waals surface area contributed by atoms with Crippen molar-refractivity contribution < 1.29 is 14.1 Å². The summed E-state index contributed by atoms with van der Waals surface area (Å²) in [6.45, 7) is 0.730. The highest BCUT2D eigenvalue weighted by atomic mass is 16.5. The van der Waals surface area contributed by atoms with Gasteiger partial charge in [0.05, 0.1) is 7.11 Å². The second-order valence-corrected chi connectivity index (χ2v) is 4.90. The van der Waals surface area contributed by atoms with Crippen LogP contribution in [0.2, 0.25) is 0 Å². The van der Waals surface area contributed by atoms with Gasteiger partial charge in [-0.2, -0.15) is 4.98 Å². The normalized spacial score (nSPS) is 18.1. The monoisotopic (exact) mass is 288 g/mol. The number of aromatic nitrogens is 2. The lowest BCUT2D eigenvalue weighted by Crippen LogP contribution is -2.31. The van der Waals surface area contributed by atoms with Gasteiger partial charge in [-0.3, -0.25) is 4.79 Å². The number of likely N-dealkylation sites (tertiary alicyclic amines) is 1. The number of benzene rings is 1. The lowest BCUT2D eigenvalue weighted by Gasteiger charge is -2.09. The minimum atomic E-state index is -0.298. The molecule has 7 heteroatoms. The first kappa shape index (κ1) is 13.4. The second-order valence-electron chi connectivity index (χ2n) is 4.90. The summed E-state index contributed by atoms with van der Waals surface area (Å²) in [5.41, 5.74) is 0.793. The number of carbonyl (C=O) groups excluding carboxylic acids is 1. The van der Waals surface area contributed by atoms with E-state index in [1.807, 2.05) is 24.3 Å². The Morgan fingerprint density at radius 1 is 1.48 bits per heavy atom. The van der Waals surface area contributed by atoms with Gasteiger partial charge in [-0.25, -0.2) is 0 Å². The number of hydrogen-bond acceptors (Lipinski definition) is 6. The van der Waals surface area contributed by atoms with Crippen molar-refractivity contribution in [2.24, 2.45) is 0 Å². The van der Waals surface area contributed by atoms with Crippen molar-refractivity contribution in [1.82, 2.24) is 15.0 Å². The van der Waals surface area contributed by atoms with Crippen molar-refractivity contribution in [2.75, 3.05) is 26.0 Å². The van der Waals surface area contributed by atoms with E-state index in [4.69, 9.17) is 9.26 Å². The van der Waals surface area contributed by atoms with E-state index in [1.165, 1.54) is 0 Å². The summed E-state index contributed by atoms with van der Waals surface area (Å²) in [4.78, 5) is 17.8. The van der Waals surface area contributed by atoms with Gasteiger partial charge in [0.15, 0.2) is 0 Å². The van der Waals surface area contributed by atoms with Crippen LogP contribution in [0.5, 0.6) is 5.75 Å². The van der Waals surface area contributed by atoms with E-state index < -0.39 is 0 Å². The fourth-order valence-electron chi connectivity index (χ4n) is 2.27. The maximum atomic E-state index is 11.8. The fourth-order valence-corrected chi connectivity index (χ4v) is 2.27. The van der Waals surface area contributed by atoms with Gasteiger partial charge in [0.1, 0.15) is 11.8 Å². The van der Waals surface area contributed by atoms with Crippen LogP contribution in [-0.2, 0) is 4.79 Å². The first-order valence-electron chi connectivity index (χ1n) is 6.67. The van der Waals surface area contributed by atoms with Gasteiger partial charge in [0.2, 0.25) is 11.7 Å². The largest absolute Gasteiger partial charge is 0.497 e. The molecule has 7 nitrogen and oxygen atoms in total. The first-order chi connectivity index (χ1) is 10.2. The van der Waals surface area contributed by atoms with Gasteiger partial charge in [-0.15, -0.1) is 0 Å². The number of anilines is 1. The van der Waals surface area contributed by atoms with Crippen LogP contribution in [0.4, 0.5) is 6.01 Å². The van der Waals surface area contributed by atoms with Gasteiger partial charge in [0.25, 0.3) is 0 Å². The van der Waals surface area contributed by atoms with Crippen molar-refractivity contribution in [1.29, 1.82) is 0 Å².